The summed E-state index contributed by atoms with van der Waals surface area (Å²) in [6, 6.07) is 3.62. The summed E-state index contributed by atoms with van der Waals surface area (Å²) in [5.41, 5.74) is 3.76. The molecule has 0 spiro atoms. The van der Waals surface area contributed by atoms with E-state index in [9.17, 15) is 9.90 Å². The molecule has 0 unspecified atom stereocenters. The van der Waals surface area contributed by atoms with Crippen LogP contribution in [-0.2, 0) is 12.8 Å². The number of benzene rings is 1. The van der Waals surface area contributed by atoms with Crippen molar-refractivity contribution in [2.45, 2.75) is 32.6 Å². The highest BCUT2D eigenvalue weighted by molar-refractivity contribution is 5.95. The third-order valence-electron chi connectivity index (χ3n) is 5.10. The van der Waals surface area contributed by atoms with Crippen molar-refractivity contribution >= 4 is 16.7 Å². The van der Waals surface area contributed by atoms with E-state index >= 15 is 0 Å². The Morgan fingerprint density at radius 2 is 2.04 bits per heavy atom. The van der Waals surface area contributed by atoms with Crippen molar-refractivity contribution in [3.05, 3.63) is 51.8 Å². The minimum absolute atomic E-state index is 0.110. The van der Waals surface area contributed by atoms with Gasteiger partial charge >= 0.3 is 5.63 Å². The van der Waals surface area contributed by atoms with E-state index in [4.69, 9.17) is 4.42 Å². The molecule has 7 nitrogen and oxygen atoms in total. The Labute approximate surface area is 147 Å². The molecular formula is C19H16N4O3. The summed E-state index contributed by atoms with van der Waals surface area (Å²) >= 11 is 0. The topological polar surface area (TPSA) is 93.5 Å². The largest absolute Gasteiger partial charge is 0.506 e. The summed E-state index contributed by atoms with van der Waals surface area (Å²) < 4.78 is 7.21. The summed E-state index contributed by atoms with van der Waals surface area (Å²) in [4.78, 5) is 16.8. The number of aryl methyl sites for hydroxylation is 2. The van der Waals surface area contributed by atoms with Gasteiger partial charge in [-0.1, -0.05) is 0 Å². The zero-order chi connectivity index (χ0) is 17.8. The number of rotatable bonds is 1. The summed E-state index contributed by atoms with van der Waals surface area (Å²) in [7, 11) is 0. The molecule has 0 saturated heterocycles. The fourth-order valence-corrected chi connectivity index (χ4v) is 3.89. The number of hydrogen-bond donors (Lipinski definition) is 1. The Hall–Kier alpha value is -3.22. The normalized spacial score (nSPS) is 14.0. The Morgan fingerprint density at radius 3 is 2.88 bits per heavy atom. The van der Waals surface area contributed by atoms with E-state index in [1.165, 1.54) is 0 Å². The number of nitrogens with zero attached hydrogens (tertiary/aromatic N) is 4. The third-order valence-corrected chi connectivity index (χ3v) is 5.10. The molecule has 0 radical (unpaired) electrons. The smallest absolute Gasteiger partial charge is 0.339 e. The minimum Gasteiger partial charge on any atom is -0.506 e. The zero-order valence-corrected chi connectivity index (χ0v) is 14.2. The monoisotopic (exact) mass is 348 g/mol. The van der Waals surface area contributed by atoms with Crippen LogP contribution in [-0.4, -0.2) is 24.7 Å². The molecule has 0 saturated carbocycles. The quantitative estimate of drug-likeness (QED) is 0.532. The number of aromatic hydroxyl groups is 1. The van der Waals surface area contributed by atoms with Gasteiger partial charge in [-0.05, 0) is 55.9 Å². The van der Waals surface area contributed by atoms with E-state index in [1.807, 2.05) is 13.0 Å². The van der Waals surface area contributed by atoms with Gasteiger partial charge in [0.05, 0.1) is 11.1 Å². The predicted molar refractivity (Wildman–Crippen MR) is 95.3 cm³/mol. The Bertz CT molecular complexity index is 1240. The van der Waals surface area contributed by atoms with Gasteiger partial charge in [0.25, 0.3) is 5.78 Å². The minimum atomic E-state index is -0.290. The summed E-state index contributed by atoms with van der Waals surface area (Å²) in [6.07, 6.45) is 6.81. The number of phenolic OH excluding ortho intramolecular Hbond substituents is 1. The van der Waals surface area contributed by atoms with Crippen LogP contribution < -0.4 is 5.63 Å². The summed E-state index contributed by atoms with van der Waals surface area (Å²) in [6.45, 7) is 1.86. The van der Waals surface area contributed by atoms with Crippen molar-refractivity contribution < 1.29 is 9.52 Å². The zero-order valence-electron chi connectivity index (χ0n) is 14.2. The van der Waals surface area contributed by atoms with E-state index in [0.717, 1.165) is 30.4 Å². The second-order valence-electron chi connectivity index (χ2n) is 6.69. The van der Waals surface area contributed by atoms with Crippen LogP contribution in [0.1, 0.15) is 29.5 Å². The van der Waals surface area contributed by atoms with Gasteiger partial charge in [0.15, 0.2) is 0 Å². The maximum atomic E-state index is 12.3. The molecule has 0 atom stereocenters. The molecule has 1 aliphatic carbocycles. The van der Waals surface area contributed by atoms with E-state index in [-0.39, 0.29) is 11.4 Å². The maximum absolute atomic E-state index is 12.3. The fourth-order valence-electron chi connectivity index (χ4n) is 3.89. The van der Waals surface area contributed by atoms with Crippen molar-refractivity contribution in [2.24, 2.45) is 0 Å². The first-order valence-electron chi connectivity index (χ1n) is 8.61. The van der Waals surface area contributed by atoms with Crippen LogP contribution in [0.5, 0.6) is 5.75 Å². The summed E-state index contributed by atoms with van der Waals surface area (Å²) in [5.74, 6) is 0.571. The fraction of sp³-hybridized carbons (Fsp3) is 0.263. The second kappa shape index (κ2) is 5.39. The molecule has 0 fully saturated rings. The molecule has 0 amide bonds. The van der Waals surface area contributed by atoms with Crippen molar-refractivity contribution in [1.82, 2.24) is 19.6 Å². The van der Waals surface area contributed by atoms with E-state index in [1.54, 1.807) is 23.0 Å². The van der Waals surface area contributed by atoms with Gasteiger partial charge in [-0.25, -0.2) is 9.78 Å². The SMILES string of the molecule is Cc1cc2oc(=O)c3c(c2c(O)c1-c1ccn2cnnc2n1)CCCC3. The van der Waals surface area contributed by atoms with Crippen LogP contribution in [0.15, 0.2) is 33.9 Å². The van der Waals surface area contributed by atoms with E-state index in [2.05, 4.69) is 15.2 Å². The molecule has 26 heavy (non-hydrogen) atoms. The Balaban J connectivity index is 1.85. The highest BCUT2D eigenvalue weighted by Crippen LogP contribution is 2.41. The molecule has 3 heterocycles. The molecule has 0 bridgehead atoms. The highest BCUT2D eigenvalue weighted by Gasteiger charge is 2.23. The lowest BCUT2D eigenvalue weighted by Gasteiger charge is -2.19. The standard InChI is InChI=1S/C19H16N4O3/c1-10-8-14-16(11-4-2-3-5-12(11)18(25)26-14)17(24)15(10)13-6-7-23-9-20-22-19(23)21-13/h6-9,24H,2-5H2,1H3. The van der Waals surface area contributed by atoms with Crippen LogP contribution >= 0.6 is 0 Å². The molecule has 4 aromatic rings. The molecule has 7 heteroatoms. The number of hydrogen-bond acceptors (Lipinski definition) is 6. The Kier molecular flexibility index (Phi) is 3.12. The average molecular weight is 348 g/mol. The third kappa shape index (κ3) is 2.06. The Morgan fingerprint density at radius 1 is 1.23 bits per heavy atom. The van der Waals surface area contributed by atoms with Crippen LogP contribution in [0.4, 0.5) is 0 Å². The van der Waals surface area contributed by atoms with Crippen molar-refractivity contribution in [3.63, 3.8) is 0 Å². The maximum Gasteiger partial charge on any atom is 0.339 e. The van der Waals surface area contributed by atoms with Gasteiger partial charge in [0.1, 0.15) is 17.7 Å². The first-order chi connectivity index (χ1) is 12.6. The van der Waals surface area contributed by atoms with Gasteiger partial charge < -0.3 is 9.52 Å². The van der Waals surface area contributed by atoms with Crippen LogP contribution in [0.2, 0.25) is 0 Å². The second-order valence-corrected chi connectivity index (χ2v) is 6.69. The molecule has 1 aromatic carbocycles. The predicted octanol–water partition coefficient (Wildman–Crippen LogP) is 2.79. The van der Waals surface area contributed by atoms with E-state index in [0.29, 0.717) is 40.0 Å². The van der Waals surface area contributed by atoms with Crippen molar-refractivity contribution in [3.8, 4) is 17.0 Å². The molecular weight excluding hydrogens is 332 g/mol. The molecule has 130 valence electrons. The van der Waals surface area contributed by atoms with Gasteiger partial charge in [-0.3, -0.25) is 4.40 Å². The first-order valence-corrected chi connectivity index (χ1v) is 8.61. The lowest BCUT2D eigenvalue weighted by Crippen LogP contribution is -2.16. The molecule has 3 aromatic heterocycles. The van der Waals surface area contributed by atoms with Gasteiger partial charge in [-0.2, -0.15) is 0 Å². The number of aromatic nitrogens is 4. The lowest BCUT2D eigenvalue weighted by atomic mass is 9.88. The number of phenols is 1. The van der Waals surface area contributed by atoms with Crippen LogP contribution in [0.3, 0.4) is 0 Å². The molecule has 1 N–H and O–H groups in total. The van der Waals surface area contributed by atoms with Gasteiger partial charge in [0.2, 0.25) is 0 Å². The van der Waals surface area contributed by atoms with Gasteiger partial charge in [-0.15, -0.1) is 10.2 Å². The molecule has 0 aliphatic heterocycles. The van der Waals surface area contributed by atoms with Crippen molar-refractivity contribution in [1.29, 1.82) is 0 Å². The molecule has 5 rings (SSSR count). The number of fused-ring (bicyclic) bond motifs is 4. The average Bonchev–Trinajstić information content (AvgIpc) is 3.09. The van der Waals surface area contributed by atoms with Crippen LogP contribution in [0.25, 0.3) is 28.0 Å². The first kappa shape index (κ1) is 15.1. The summed E-state index contributed by atoms with van der Waals surface area (Å²) in [5, 5.41) is 19.5. The van der Waals surface area contributed by atoms with Crippen molar-refractivity contribution in [2.75, 3.05) is 0 Å². The van der Waals surface area contributed by atoms with Crippen LogP contribution in [0, 0.1) is 6.92 Å². The van der Waals surface area contributed by atoms with Gasteiger partial charge in [0, 0.05) is 17.3 Å². The van der Waals surface area contributed by atoms with E-state index < -0.39 is 0 Å². The highest BCUT2D eigenvalue weighted by atomic mass is 16.4. The lowest BCUT2D eigenvalue weighted by molar-refractivity contribution is 0.477. The molecule has 1 aliphatic rings.